The van der Waals surface area contributed by atoms with Crippen LogP contribution in [0.1, 0.15) is 11.6 Å². The molecule has 0 fully saturated rings. The molecule has 4 N–H and O–H groups in total. The third-order valence-corrected chi connectivity index (χ3v) is 1.83. The fourth-order valence-corrected chi connectivity index (χ4v) is 1.08. The second-order valence-corrected chi connectivity index (χ2v) is 2.96. The highest BCUT2D eigenvalue weighted by Gasteiger charge is 2.17. The molecule has 0 spiro atoms. The second-order valence-electron chi connectivity index (χ2n) is 2.52. The number of carbonyl (C=O) groups is 1. The third kappa shape index (κ3) is 2.11. The van der Waals surface area contributed by atoms with Gasteiger partial charge in [-0.2, -0.15) is 0 Å². The number of carboxylic acid groups (broad SMARTS) is 1. The molecule has 0 heterocycles. The van der Waals surface area contributed by atoms with Gasteiger partial charge in [0.1, 0.15) is 11.8 Å². The summed E-state index contributed by atoms with van der Waals surface area (Å²) >= 11 is 5.55. The fourth-order valence-electron chi connectivity index (χ4n) is 0.913. The van der Waals surface area contributed by atoms with Crippen LogP contribution >= 0.6 is 11.6 Å². The molecular weight excluding hydrogens is 194 g/mol. The maximum atomic E-state index is 10.5. The Morgan fingerprint density at radius 1 is 1.54 bits per heavy atom. The van der Waals surface area contributed by atoms with Crippen molar-refractivity contribution < 1.29 is 15.0 Å². The predicted octanol–water partition coefficient (Wildman–Crippen LogP) is 1.13. The number of hydrogen-bond acceptors (Lipinski definition) is 3. The first-order chi connectivity index (χ1) is 6.02. The third-order valence-electron chi connectivity index (χ3n) is 1.59. The van der Waals surface area contributed by atoms with Crippen molar-refractivity contribution in [2.45, 2.75) is 6.04 Å². The van der Waals surface area contributed by atoms with E-state index in [1.807, 2.05) is 0 Å². The zero-order chi connectivity index (χ0) is 10.0. The predicted molar refractivity (Wildman–Crippen MR) is 47.7 cm³/mol. The van der Waals surface area contributed by atoms with Crippen molar-refractivity contribution in [2.75, 3.05) is 0 Å². The van der Waals surface area contributed by atoms with Crippen LogP contribution in [0.25, 0.3) is 0 Å². The first-order valence-corrected chi connectivity index (χ1v) is 3.87. The Morgan fingerprint density at radius 3 is 2.62 bits per heavy atom. The van der Waals surface area contributed by atoms with Gasteiger partial charge in [0.15, 0.2) is 0 Å². The standard InChI is InChI=1S/C8H8ClNO3/c9-4-1-2-5(6(11)3-4)7(10)8(12)13/h1-3,7,11H,10H2,(H,12,13). The molecule has 1 unspecified atom stereocenters. The number of nitrogens with two attached hydrogens (primary N) is 1. The van der Waals surface area contributed by atoms with E-state index in [9.17, 15) is 9.90 Å². The first-order valence-electron chi connectivity index (χ1n) is 3.49. The van der Waals surface area contributed by atoms with Crippen molar-refractivity contribution in [3.63, 3.8) is 0 Å². The number of halogens is 1. The Bertz CT molecular complexity index is 340. The summed E-state index contributed by atoms with van der Waals surface area (Å²) in [5.41, 5.74) is 5.44. The van der Waals surface area contributed by atoms with Gasteiger partial charge in [0.25, 0.3) is 0 Å². The molecular formula is C8H8ClNO3. The van der Waals surface area contributed by atoms with Crippen LogP contribution in [-0.2, 0) is 4.79 Å². The Hall–Kier alpha value is -1.26. The van der Waals surface area contributed by atoms with E-state index in [1.54, 1.807) is 0 Å². The number of aliphatic carboxylic acids is 1. The van der Waals surface area contributed by atoms with E-state index in [2.05, 4.69) is 0 Å². The molecule has 0 saturated heterocycles. The van der Waals surface area contributed by atoms with Gasteiger partial charge in [0.05, 0.1) is 0 Å². The zero-order valence-corrected chi connectivity index (χ0v) is 7.32. The Labute approximate surface area is 79.6 Å². The van der Waals surface area contributed by atoms with Crippen molar-refractivity contribution in [3.8, 4) is 5.75 Å². The molecule has 70 valence electrons. The summed E-state index contributed by atoms with van der Waals surface area (Å²) in [5.74, 6) is -1.40. The number of phenolic OH excluding ortho intramolecular Hbond substituents is 1. The van der Waals surface area contributed by atoms with Crippen molar-refractivity contribution >= 4 is 17.6 Å². The van der Waals surface area contributed by atoms with Crippen molar-refractivity contribution in [3.05, 3.63) is 28.8 Å². The summed E-state index contributed by atoms with van der Waals surface area (Å²) in [5, 5.41) is 18.2. The number of carboxylic acids is 1. The smallest absolute Gasteiger partial charge is 0.325 e. The van der Waals surface area contributed by atoms with E-state index < -0.39 is 12.0 Å². The number of phenols is 1. The van der Waals surface area contributed by atoms with Crippen LogP contribution in [0.5, 0.6) is 5.75 Å². The molecule has 0 amide bonds. The summed E-state index contributed by atoms with van der Waals surface area (Å²) < 4.78 is 0. The number of benzene rings is 1. The van der Waals surface area contributed by atoms with Gasteiger partial charge in [0, 0.05) is 10.6 Å². The Kier molecular flexibility index (Phi) is 2.75. The largest absolute Gasteiger partial charge is 0.508 e. The van der Waals surface area contributed by atoms with Crippen LogP contribution < -0.4 is 5.73 Å². The molecule has 5 heteroatoms. The van der Waals surface area contributed by atoms with Gasteiger partial charge in [-0.3, -0.25) is 4.79 Å². The van der Waals surface area contributed by atoms with Gasteiger partial charge in [-0.1, -0.05) is 17.7 Å². The van der Waals surface area contributed by atoms with Crippen LogP contribution in [0.3, 0.4) is 0 Å². The van der Waals surface area contributed by atoms with Crippen LogP contribution in [-0.4, -0.2) is 16.2 Å². The van der Waals surface area contributed by atoms with Gasteiger partial charge in [-0.05, 0) is 12.1 Å². The lowest BCUT2D eigenvalue weighted by atomic mass is 10.1. The number of aromatic hydroxyl groups is 1. The highest BCUT2D eigenvalue weighted by Crippen LogP contribution is 2.26. The quantitative estimate of drug-likeness (QED) is 0.670. The number of rotatable bonds is 2. The van der Waals surface area contributed by atoms with Gasteiger partial charge >= 0.3 is 5.97 Å². The van der Waals surface area contributed by atoms with Gasteiger partial charge in [-0.25, -0.2) is 0 Å². The minimum atomic E-state index is -1.22. The highest BCUT2D eigenvalue weighted by molar-refractivity contribution is 6.30. The molecule has 1 rings (SSSR count). The molecule has 0 radical (unpaired) electrons. The van der Waals surface area contributed by atoms with Crippen LogP contribution in [0.15, 0.2) is 18.2 Å². The molecule has 4 nitrogen and oxygen atoms in total. The van der Waals surface area contributed by atoms with Crippen molar-refractivity contribution in [2.24, 2.45) is 5.73 Å². The molecule has 0 bridgehead atoms. The van der Waals surface area contributed by atoms with E-state index in [1.165, 1.54) is 18.2 Å². The summed E-state index contributed by atoms with van der Waals surface area (Å²) in [7, 11) is 0. The molecule has 1 aromatic rings. The van der Waals surface area contributed by atoms with E-state index >= 15 is 0 Å². The molecule has 0 saturated carbocycles. The molecule has 0 aliphatic heterocycles. The molecule has 13 heavy (non-hydrogen) atoms. The fraction of sp³-hybridized carbons (Fsp3) is 0.125. The maximum Gasteiger partial charge on any atom is 0.325 e. The Morgan fingerprint density at radius 2 is 2.15 bits per heavy atom. The van der Waals surface area contributed by atoms with E-state index in [4.69, 9.17) is 22.4 Å². The maximum absolute atomic E-state index is 10.5. The Balaban J connectivity index is 3.08. The first kappa shape index (κ1) is 9.83. The minimum absolute atomic E-state index is 0.150. The van der Waals surface area contributed by atoms with Crippen LogP contribution in [0, 0.1) is 0 Å². The molecule has 0 aliphatic carbocycles. The highest BCUT2D eigenvalue weighted by atomic mass is 35.5. The number of hydrogen-bond donors (Lipinski definition) is 3. The summed E-state index contributed by atoms with van der Waals surface area (Å²) in [6.45, 7) is 0. The molecule has 1 aromatic carbocycles. The lowest BCUT2D eigenvalue weighted by molar-refractivity contribution is -0.138. The topological polar surface area (TPSA) is 83.6 Å². The molecule has 0 aromatic heterocycles. The van der Waals surface area contributed by atoms with Gasteiger partial charge < -0.3 is 15.9 Å². The van der Waals surface area contributed by atoms with Gasteiger partial charge in [-0.15, -0.1) is 0 Å². The van der Waals surface area contributed by atoms with E-state index in [0.717, 1.165) is 0 Å². The SMILES string of the molecule is NC(C(=O)O)c1ccc(Cl)cc1O. The van der Waals surface area contributed by atoms with E-state index in [0.29, 0.717) is 5.02 Å². The summed E-state index contributed by atoms with van der Waals surface area (Å²) in [6.07, 6.45) is 0. The average Bonchev–Trinajstić information content (AvgIpc) is 2.03. The zero-order valence-electron chi connectivity index (χ0n) is 6.57. The van der Waals surface area contributed by atoms with Gasteiger partial charge in [0.2, 0.25) is 0 Å². The average molecular weight is 202 g/mol. The molecule has 1 atom stereocenters. The monoisotopic (exact) mass is 201 g/mol. The second kappa shape index (κ2) is 3.64. The van der Waals surface area contributed by atoms with Crippen molar-refractivity contribution in [1.82, 2.24) is 0 Å². The van der Waals surface area contributed by atoms with Crippen LogP contribution in [0.4, 0.5) is 0 Å². The van der Waals surface area contributed by atoms with Crippen LogP contribution in [0.2, 0.25) is 5.02 Å². The van der Waals surface area contributed by atoms with Crippen molar-refractivity contribution in [1.29, 1.82) is 0 Å². The minimum Gasteiger partial charge on any atom is -0.508 e. The lowest BCUT2D eigenvalue weighted by Crippen LogP contribution is -2.20. The molecule has 0 aliphatic rings. The van der Waals surface area contributed by atoms with E-state index in [-0.39, 0.29) is 11.3 Å². The summed E-state index contributed by atoms with van der Waals surface area (Å²) in [6, 6.07) is 2.88. The summed E-state index contributed by atoms with van der Waals surface area (Å²) in [4.78, 5) is 10.5. The normalized spacial score (nSPS) is 12.5. The lowest BCUT2D eigenvalue weighted by Gasteiger charge is -2.08.